The van der Waals surface area contributed by atoms with Crippen LogP contribution in [0.25, 0.3) is 0 Å². The summed E-state index contributed by atoms with van der Waals surface area (Å²) in [6, 6.07) is 0. The van der Waals surface area contributed by atoms with E-state index in [1.165, 1.54) is 8.61 Å². The second-order valence-electron chi connectivity index (χ2n) is 4.93. The highest BCUT2D eigenvalue weighted by atomic mass is 32.2. The van der Waals surface area contributed by atoms with Crippen LogP contribution in [0.2, 0.25) is 0 Å². The van der Waals surface area contributed by atoms with Crippen LogP contribution < -0.4 is 0 Å². The van der Waals surface area contributed by atoms with Crippen LogP contribution in [0.4, 0.5) is 0 Å². The van der Waals surface area contributed by atoms with E-state index in [1.807, 2.05) is 0 Å². The molecule has 0 spiro atoms. The minimum absolute atomic E-state index is 0.524. The SMILES string of the molecule is CN1CCC(CN(C)S(=O)(=O)N2CC2)CC1. The summed E-state index contributed by atoms with van der Waals surface area (Å²) in [5.41, 5.74) is 0. The molecule has 5 nitrogen and oxygen atoms in total. The molecular weight excluding hydrogens is 226 g/mol. The van der Waals surface area contributed by atoms with E-state index >= 15 is 0 Å². The van der Waals surface area contributed by atoms with Gasteiger partial charge in [-0.25, -0.2) is 0 Å². The third kappa shape index (κ3) is 2.74. The van der Waals surface area contributed by atoms with E-state index in [0.717, 1.165) is 25.9 Å². The maximum Gasteiger partial charge on any atom is 0.281 e. The summed E-state index contributed by atoms with van der Waals surface area (Å²) >= 11 is 0. The molecular formula is C10H21N3O2S. The summed E-state index contributed by atoms with van der Waals surface area (Å²) in [4.78, 5) is 2.30. The average molecular weight is 247 g/mol. The van der Waals surface area contributed by atoms with Crippen molar-refractivity contribution in [3.05, 3.63) is 0 Å². The van der Waals surface area contributed by atoms with Crippen LogP contribution >= 0.6 is 0 Å². The van der Waals surface area contributed by atoms with Gasteiger partial charge in [-0.15, -0.1) is 0 Å². The fraction of sp³-hybridized carbons (Fsp3) is 1.00. The van der Waals surface area contributed by atoms with E-state index in [0.29, 0.717) is 25.6 Å². The van der Waals surface area contributed by atoms with E-state index in [2.05, 4.69) is 11.9 Å². The molecule has 2 heterocycles. The molecule has 94 valence electrons. The summed E-state index contributed by atoms with van der Waals surface area (Å²) in [6.07, 6.45) is 2.22. The first-order valence-corrected chi connectivity index (χ1v) is 7.30. The molecule has 0 aromatic carbocycles. The van der Waals surface area contributed by atoms with Gasteiger partial charge in [0.15, 0.2) is 0 Å². The lowest BCUT2D eigenvalue weighted by atomic mass is 9.97. The predicted molar refractivity (Wildman–Crippen MR) is 63.3 cm³/mol. The number of hydrogen-bond acceptors (Lipinski definition) is 3. The van der Waals surface area contributed by atoms with E-state index in [1.54, 1.807) is 7.05 Å². The molecule has 2 aliphatic rings. The van der Waals surface area contributed by atoms with Crippen LogP contribution in [-0.4, -0.2) is 68.7 Å². The van der Waals surface area contributed by atoms with Crippen molar-refractivity contribution in [2.45, 2.75) is 12.8 Å². The third-order valence-corrected chi connectivity index (χ3v) is 5.43. The van der Waals surface area contributed by atoms with Gasteiger partial charge in [0.1, 0.15) is 0 Å². The van der Waals surface area contributed by atoms with Crippen LogP contribution in [0.3, 0.4) is 0 Å². The molecule has 0 bridgehead atoms. The lowest BCUT2D eigenvalue weighted by Crippen LogP contribution is -2.39. The van der Waals surface area contributed by atoms with Gasteiger partial charge in [0.05, 0.1) is 0 Å². The smallest absolute Gasteiger partial charge is 0.281 e. The van der Waals surface area contributed by atoms with Crippen LogP contribution in [0.1, 0.15) is 12.8 Å². The van der Waals surface area contributed by atoms with Gasteiger partial charge in [-0.3, -0.25) is 0 Å². The van der Waals surface area contributed by atoms with Gasteiger partial charge in [-0.05, 0) is 38.9 Å². The Morgan fingerprint density at radius 2 is 1.75 bits per heavy atom. The van der Waals surface area contributed by atoms with Gasteiger partial charge in [0.2, 0.25) is 0 Å². The van der Waals surface area contributed by atoms with E-state index in [9.17, 15) is 8.42 Å². The Balaban J connectivity index is 1.85. The van der Waals surface area contributed by atoms with E-state index in [4.69, 9.17) is 0 Å². The highest BCUT2D eigenvalue weighted by molar-refractivity contribution is 7.87. The molecule has 2 saturated heterocycles. The number of rotatable bonds is 4. The molecule has 0 aliphatic carbocycles. The van der Waals surface area contributed by atoms with Crippen LogP contribution in [-0.2, 0) is 10.2 Å². The van der Waals surface area contributed by atoms with Crippen LogP contribution in [0, 0.1) is 5.92 Å². The number of nitrogens with zero attached hydrogens (tertiary/aromatic N) is 3. The first-order chi connectivity index (χ1) is 7.50. The first kappa shape index (κ1) is 12.3. The second kappa shape index (κ2) is 4.60. The van der Waals surface area contributed by atoms with Crippen molar-refractivity contribution in [2.24, 2.45) is 5.92 Å². The molecule has 0 saturated carbocycles. The Bertz CT molecular complexity index is 332. The summed E-state index contributed by atoms with van der Waals surface area (Å²) in [6.45, 7) is 4.23. The highest BCUT2D eigenvalue weighted by Gasteiger charge is 2.36. The Labute approximate surface area is 98.2 Å². The Hall–Kier alpha value is -0.170. The molecule has 0 radical (unpaired) electrons. The minimum atomic E-state index is -3.13. The fourth-order valence-electron chi connectivity index (χ4n) is 2.17. The molecule has 2 aliphatic heterocycles. The van der Waals surface area contributed by atoms with Crippen molar-refractivity contribution < 1.29 is 8.42 Å². The predicted octanol–water partition coefficient (Wildman–Crippen LogP) is -0.180. The molecule has 6 heteroatoms. The molecule has 16 heavy (non-hydrogen) atoms. The van der Waals surface area contributed by atoms with Crippen molar-refractivity contribution >= 4 is 10.2 Å². The topological polar surface area (TPSA) is 43.6 Å². The highest BCUT2D eigenvalue weighted by Crippen LogP contribution is 2.21. The zero-order valence-electron chi connectivity index (χ0n) is 10.1. The van der Waals surface area contributed by atoms with Crippen molar-refractivity contribution in [3.8, 4) is 0 Å². The van der Waals surface area contributed by atoms with E-state index < -0.39 is 10.2 Å². The molecule has 2 fully saturated rings. The largest absolute Gasteiger partial charge is 0.306 e. The molecule has 0 aromatic rings. The monoisotopic (exact) mass is 247 g/mol. The Morgan fingerprint density at radius 3 is 2.25 bits per heavy atom. The van der Waals surface area contributed by atoms with Crippen LogP contribution in [0.5, 0.6) is 0 Å². The summed E-state index contributed by atoms with van der Waals surface area (Å²) in [5, 5.41) is 0. The number of likely N-dealkylation sites (tertiary alicyclic amines) is 1. The van der Waals surface area contributed by atoms with Crippen molar-refractivity contribution in [2.75, 3.05) is 46.8 Å². The zero-order chi connectivity index (χ0) is 11.8. The molecule has 0 N–H and O–H groups in total. The molecule has 2 rings (SSSR count). The van der Waals surface area contributed by atoms with Gasteiger partial charge in [0.25, 0.3) is 10.2 Å². The lowest BCUT2D eigenvalue weighted by Gasteiger charge is -2.31. The first-order valence-electron chi connectivity index (χ1n) is 5.90. The van der Waals surface area contributed by atoms with Crippen molar-refractivity contribution in [3.63, 3.8) is 0 Å². The Morgan fingerprint density at radius 1 is 1.19 bits per heavy atom. The fourth-order valence-corrected chi connectivity index (χ4v) is 3.51. The van der Waals surface area contributed by atoms with Gasteiger partial charge in [0, 0.05) is 26.7 Å². The number of piperidine rings is 1. The maximum atomic E-state index is 11.9. The minimum Gasteiger partial charge on any atom is -0.306 e. The standard InChI is InChI=1S/C10H21N3O2S/c1-11-5-3-10(4-6-11)9-12(2)16(14,15)13-7-8-13/h10H,3-9H2,1-2H3. The van der Waals surface area contributed by atoms with Crippen LogP contribution in [0.15, 0.2) is 0 Å². The maximum absolute atomic E-state index is 11.9. The average Bonchev–Trinajstić information content (AvgIpc) is 3.05. The zero-order valence-corrected chi connectivity index (χ0v) is 10.9. The molecule has 0 aromatic heterocycles. The lowest BCUT2D eigenvalue weighted by molar-refractivity contribution is 0.201. The van der Waals surface area contributed by atoms with Crippen molar-refractivity contribution in [1.29, 1.82) is 0 Å². The Kier molecular flexibility index (Phi) is 3.53. The van der Waals surface area contributed by atoms with Gasteiger partial charge in [-0.2, -0.15) is 17.0 Å². The molecule has 0 unspecified atom stereocenters. The quantitative estimate of drug-likeness (QED) is 0.647. The third-order valence-electron chi connectivity index (χ3n) is 3.48. The molecule has 0 amide bonds. The van der Waals surface area contributed by atoms with Crippen molar-refractivity contribution in [1.82, 2.24) is 13.5 Å². The molecule has 0 atom stereocenters. The van der Waals surface area contributed by atoms with Gasteiger partial charge in [-0.1, -0.05) is 0 Å². The number of hydrogen-bond donors (Lipinski definition) is 0. The summed E-state index contributed by atoms with van der Waals surface area (Å²) in [7, 11) is 0.692. The van der Waals surface area contributed by atoms with E-state index in [-0.39, 0.29) is 0 Å². The summed E-state index contributed by atoms with van der Waals surface area (Å²) < 4.78 is 26.8. The van der Waals surface area contributed by atoms with Gasteiger partial charge < -0.3 is 4.90 Å². The van der Waals surface area contributed by atoms with Gasteiger partial charge >= 0.3 is 0 Å². The second-order valence-corrected chi connectivity index (χ2v) is 6.97. The normalized spacial score (nSPS) is 25.2. The summed E-state index contributed by atoms with van der Waals surface area (Å²) in [5.74, 6) is 0.524.